The van der Waals surface area contributed by atoms with Gasteiger partial charge in [0.1, 0.15) is 0 Å². The number of benzene rings is 2. The lowest BCUT2D eigenvalue weighted by Crippen LogP contribution is -2.23. The number of carboxylic acid groups (broad SMARTS) is 1. The van der Waals surface area contributed by atoms with Crippen molar-refractivity contribution in [1.29, 1.82) is 0 Å². The van der Waals surface area contributed by atoms with Crippen LogP contribution in [0.3, 0.4) is 0 Å². The minimum Gasteiger partial charge on any atom is -0.481 e. The number of nitrogens with zero attached hydrogens (tertiary/aromatic N) is 1. The van der Waals surface area contributed by atoms with Crippen molar-refractivity contribution in [1.82, 2.24) is 4.90 Å². The average molecular weight is 386 g/mol. The highest BCUT2D eigenvalue weighted by molar-refractivity contribution is 5.85. The Morgan fingerprint density at radius 3 is 2.27 bits per heavy atom. The monoisotopic (exact) mass is 385 g/mol. The summed E-state index contributed by atoms with van der Waals surface area (Å²) in [6.07, 6.45) is -4.49. The van der Waals surface area contributed by atoms with Gasteiger partial charge < -0.3 is 5.11 Å². The van der Waals surface area contributed by atoms with Gasteiger partial charge in [-0.25, -0.2) is 0 Å². The molecule has 3 rings (SSSR count). The molecule has 0 aromatic heterocycles. The molecule has 0 radical (unpaired) electrons. The van der Waals surface area contributed by atoms with E-state index in [1.54, 1.807) is 0 Å². The van der Waals surface area contributed by atoms with Crippen LogP contribution in [0.5, 0.6) is 0 Å². The number of carbonyl (C=O) groups is 1. The summed E-state index contributed by atoms with van der Waals surface area (Å²) in [6.45, 7) is 1.05. The van der Waals surface area contributed by atoms with Crippen LogP contribution < -0.4 is 0 Å². The lowest BCUT2D eigenvalue weighted by molar-refractivity contribution is -0.143. The van der Waals surface area contributed by atoms with Gasteiger partial charge in [-0.05, 0) is 17.2 Å². The molecule has 7 heteroatoms. The Morgan fingerprint density at radius 2 is 1.65 bits per heavy atom. The molecule has 1 N–H and O–H groups in total. The van der Waals surface area contributed by atoms with E-state index in [2.05, 4.69) is 0 Å². The second-order valence-corrected chi connectivity index (χ2v) is 6.32. The highest BCUT2D eigenvalue weighted by Crippen LogP contribution is 2.41. The molecule has 1 heterocycles. The smallest absolute Gasteiger partial charge is 0.416 e. The fourth-order valence-electron chi connectivity index (χ4n) is 3.50. The van der Waals surface area contributed by atoms with Gasteiger partial charge in [0.05, 0.1) is 11.5 Å². The van der Waals surface area contributed by atoms with Gasteiger partial charge in [0.25, 0.3) is 0 Å². The van der Waals surface area contributed by atoms with E-state index < -0.39 is 29.5 Å². The van der Waals surface area contributed by atoms with Crippen LogP contribution in [0.4, 0.5) is 13.2 Å². The lowest BCUT2D eigenvalue weighted by atomic mass is 9.86. The first-order valence-electron chi connectivity index (χ1n) is 8.01. The zero-order valence-corrected chi connectivity index (χ0v) is 14.6. The maximum atomic E-state index is 13.3. The molecule has 1 aliphatic heterocycles. The fourth-order valence-corrected chi connectivity index (χ4v) is 3.50. The number of carboxylic acids is 1. The van der Waals surface area contributed by atoms with E-state index in [9.17, 15) is 23.1 Å². The summed E-state index contributed by atoms with van der Waals surface area (Å²) in [5.41, 5.74) is 0.335. The fraction of sp³-hybridized carbons (Fsp3) is 0.316. The molecule has 1 aliphatic rings. The molecule has 0 saturated carbocycles. The van der Waals surface area contributed by atoms with Crippen molar-refractivity contribution in [3.8, 4) is 0 Å². The first kappa shape index (κ1) is 20.3. The number of halogens is 4. The van der Waals surface area contributed by atoms with Crippen LogP contribution >= 0.6 is 12.4 Å². The largest absolute Gasteiger partial charge is 0.481 e. The number of hydrogen-bond donors (Lipinski definition) is 1. The van der Waals surface area contributed by atoms with Gasteiger partial charge in [-0.3, -0.25) is 9.69 Å². The molecule has 2 unspecified atom stereocenters. The highest BCUT2D eigenvalue weighted by atomic mass is 35.5. The molecule has 2 aromatic rings. The zero-order chi connectivity index (χ0) is 18.0. The second kappa shape index (κ2) is 8.10. The summed E-state index contributed by atoms with van der Waals surface area (Å²) < 4.78 is 39.9. The molecule has 2 aromatic carbocycles. The molecule has 1 saturated heterocycles. The van der Waals surface area contributed by atoms with Gasteiger partial charge in [0.2, 0.25) is 0 Å². The Kier molecular flexibility index (Phi) is 6.31. The maximum Gasteiger partial charge on any atom is 0.416 e. The van der Waals surface area contributed by atoms with Gasteiger partial charge in [-0.2, -0.15) is 13.2 Å². The van der Waals surface area contributed by atoms with Gasteiger partial charge in [-0.1, -0.05) is 48.5 Å². The molecule has 0 amide bonds. The number of aliphatic carboxylic acids is 1. The quantitative estimate of drug-likeness (QED) is 0.846. The minimum absolute atomic E-state index is 0. The van der Waals surface area contributed by atoms with Gasteiger partial charge in [0, 0.05) is 25.6 Å². The van der Waals surface area contributed by atoms with Crippen LogP contribution in [0.15, 0.2) is 54.6 Å². The average Bonchev–Trinajstić information content (AvgIpc) is 2.99. The highest BCUT2D eigenvalue weighted by Gasteiger charge is 2.43. The van der Waals surface area contributed by atoms with E-state index in [0.717, 1.165) is 11.6 Å². The van der Waals surface area contributed by atoms with Crippen LogP contribution in [-0.4, -0.2) is 29.1 Å². The Bertz CT molecular complexity index is 752. The SMILES string of the molecule is Cl.O=C(O)C1CN(Cc2ccccc2)CC1c1ccccc1C(F)(F)F. The Morgan fingerprint density at radius 1 is 1.04 bits per heavy atom. The van der Waals surface area contributed by atoms with E-state index in [-0.39, 0.29) is 24.5 Å². The molecule has 140 valence electrons. The Hall–Kier alpha value is -2.05. The molecule has 3 nitrogen and oxygen atoms in total. The molecular formula is C19H19ClF3NO2. The molecular weight excluding hydrogens is 367 g/mol. The van der Waals surface area contributed by atoms with E-state index >= 15 is 0 Å². The molecule has 0 aliphatic carbocycles. The number of likely N-dealkylation sites (tertiary alicyclic amines) is 1. The zero-order valence-electron chi connectivity index (χ0n) is 13.8. The standard InChI is InChI=1S/C19H18F3NO2.ClH/c20-19(21,22)17-9-5-4-8-14(17)15-11-23(12-16(15)18(24)25)10-13-6-2-1-3-7-13;/h1-9,15-16H,10-12H2,(H,24,25);1H. The maximum absolute atomic E-state index is 13.3. The van der Waals surface area contributed by atoms with Crippen LogP contribution in [0.2, 0.25) is 0 Å². The van der Waals surface area contributed by atoms with Crippen LogP contribution in [-0.2, 0) is 17.5 Å². The summed E-state index contributed by atoms with van der Waals surface area (Å²) >= 11 is 0. The molecule has 2 atom stereocenters. The van der Waals surface area contributed by atoms with Crippen molar-refractivity contribution < 1.29 is 23.1 Å². The van der Waals surface area contributed by atoms with Crippen LogP contribution in [0.25, 0.3) is 0 Å². The van der Waals surface area contributed by atoms with Crippen molar-refractivity contribution in [3.63, 3.8) is 0 Å². The molecule has 0 bridgehead atoms. The first-order valence-corrected chi connectivity index (χ1v) is 8.01. The first-order chi connectivity index (χ1) is 11.9. The minimum atomic E-state index is -4.49. The molecule has 0 spiro atoms. The van der Waals surface area contributed by atoms with E-state index in [4.69, 9.17) is 0 Å². The second-order valence-electron chi connectivity index (χ2n) is 6.32. The predicted octanol–water partition coefficient (Wildman–Crippen LogP) is 4.43. The van der Waals surface area contributed by atoms with Crippen molar-refractivity contribution in [2.75, 3.05) is 13.1 Å². The molecule has 1 fully saturated rings. The van der Waals surface area contributed by atoms with Crippen molar-refractivity contribution in [2.45, 2.75) is 18.6 Å². The Labute approximate surface area is 155 Å². The summed E-state index contributed by atoms with van der Waals surface area (Å²) in [6, 6.07) is 14.8. The third-order valence-electron chi connectivity index (χ3n) is 4.63. The van der Waals surface area contributed by atoms with Crippen molar-refractivity contribution >= 4 is 18.4 Å². The number of rotatable bonds is 4. The number of hydrogen-bond acceptors (Lipinski definition) is 2. The van der Waals surface area contributed by atoms with Gasteiger partial charge >= 0.3 is 12.1 Å². The van der Waals surface area contributed by atoms with Gasteiger partial charge in [-0.15, -0.1) is 12.4 Å². The summed E-state index contributed by atoms with van der Waals surface area (Å²) in [5, 5.41) is 9.51. The predicted molar refractivity (Wildman–Crippen MR) is 94.3 cm³/mol. The topological polar surface area (TPSA) is 40.5 Å². The third kappa shape index (κ3) is 4.37. The molecule has 26 heavy (non-hydrogen) atoms. The van der Waals surface area contributed by atoms with E-state index in [1.165, 1.54) is 18.2 Å². The summed E-state index contributed by atoms with van der Waals surface area (Å²) in [5.74, 6) is -2.59. The van der Waals surface area contributed by atoms with Crippen molar-refractivity contribution in [2.24, 2.45) is 5.92 Å². The third-order valence-corrected chi connectivity index (χ3v) is 4.63. The Balaban J connectivity index is 0.00000243. The van der Waals surface area contributed by atoms with Crippen molar-refractivity contribution in [3.05, 3.63) is 71.3 Å². The lowest BCUT2D eigenvalue weighted by Gasteiger charge is -2.20. The summed E-state index contributed by atoms with van der Waals surface area (Å²) in [7, 11) is 0. The van der Waals surface area contributed by atoms with E-state index in [0.29, 0.717) is 13.1 Å². The normalized spacial score (nSPS) is 20.6. The summed E-state index contributed by atoms with van der Waals surface area (Å²) in [4.78, 5) is 13.5. The van der Waals surface area contributed by atoms with E-state index in [1.807, 2.05) is 35.2 Å². The number of alkyl halides is 3. The van der Waals surface area contributed by atoms with Crippen LogP contribution in [0.1, 0.15) is 22.6 Å². The van der Waals surface area contributed by atoms with Gasteiger partial charge in [0.15, 0.2) is 0 Å². The van der Waals surface area contributed by atoms with Crippen LogP contribution in [0, 0.1) is 5.92 Å².